The molecule has 0 spiro atoms. The van der Waals surface area contributed by atoms with E-state index in [9.17, 15) is 4.39 Å². The van der Waals surface area contributed by atoms with Crippen molar-refractivity contribution in [2.75, 3.05) is 7.11 Å². The molecule has 1 aliphatic carbocycles. The smallest absolute Gasteiger partial charge is 0.145 e. The second-order valence-electron chi connectivity index (χ2n) is 5.23. The molecule has 3 nitrogen and oxygen atoms in total. The van der Waals surface area contributed by atoms with Crippen LogP contribution in [0.5, 0.6) is 0 Å². The number of methoxy groups -OCH3 is 1. The van der Waals surface area contributed by atoms with Crippen LogP contribution in [0, 0.1) is 5.82 Å². The SMILES string of the molecule is COC1(CC(Cc2cccc(Cl)c2F)NN)CCC1. The molecule has 2 rings (SSSR count). The fourth-order valence-electron chi connectivity index (χ4n) is 2.67. The number of hydrogen-bond acceptors (Lipinski definition) is 3. The van der Waals surface area contributed by atoms with Crippen molar-refractivity contribution in [3.63, 3.8) is 0 Å². The summed E-state index contributed by atoms with van der Waals surface area (Å²) in [5.41, 5.74) is 3.26. The maximum Gasteiger partial charge on any atom is 0.145 e. The van der Waals surface area contributed by atoms with Gasteiger partial charge >= 0.3 is 0 Å². The lowest BCUT2D eigenvalue weighted by Crippen LogP contribution is -2.48. The van der Waals surface area contributed by atoms with Crippen LogP contribution in [0.15, 0.2) is 18.2 Å². The zero-order valence-electron chi connectivity index (χ0n) is 11.1. The Morgan fingerprint density at radius 3 is 2.79 bits per heavy atom. The quantitative estimate of drug-likeness (QED) is 0.624. The molecule has 0 radical (unpaired) electrons. The molecule has 0 aliphatic heterocycles. The Kier molecular flexibility index (Phi) is 4.79. The zero-order chi connectivity index (χ0) is 13.9. The third kappa shape index (κ3) is 3.26. The highest BCUT2D eigenvalue weighted by Gasteiger charge is 2.38. The number of benzene rings is 1. The summed E-state index contributed by atoms with van der Waals surface area (Å²) in [5, 5.41) is 0.151. The number of nitrogens with two attached hydrogens (primary N) is 1. The van der Waals surface area contributed by atoms with Gasteiger partial charge in [0.05, 0.1) is 10.6 Å². The van der Waals surface area contributed by atoms with Gasteiger partial charge in [0.15, 0.2) is 0 Å². The van der Waals surface area contributed by atoms with E-state index in [1.807, 2.05) is 0 Å². The van der Waals surface area contributed by atoms with Crippen LogP contribution in [0.1, 0.15) is 31.2 Å². The summed E-state index contributed by atoms with van der Waals surface area (Å²) in [6.45, 7) is 0. The third-order valence-corrected chi connectivity index (χ3v) is 4.34. The number of hydrazine groups is 1. The first-order chi connectivity index (χ1) is 9.10. The van der Waals surface area contributed by atoms with Crippen molar-refractivity contribution < 1.29 is 9.13 Å². The summed E-state index contributed by atoms with van der Waals surface area (Å²) in [4.78, 5) is 0. The van der Waals surface area contributed by atoms with Crippen LogP contribution in [0.3, 0.4) is 0 Å². The van der Waals surface area contributed by atoms with Crippen molar-refractivity contribution in [2.24, 2.45) is 5.84 Å². The first-order valence-electron chi connectivity index (χ1n) is 6.54. The van der Waals surface area contributed by atoms with Gasteiger partial charge in [-0.2, -0.15) is 0 Å². The number of nitrogens with one attached hydrogen (secondary N) is 1. The molecule has 0 bridgehead atoms. The van der Waals surface area contributed by atoms with Crippen molar-refractivity contribution in [1.82, 2.24) is 5.43 Å². The zero-order valence-corrected chi connectivity index (χ0v) is 11.8. The highest BCUT2D eigenvalue weighted by Crippen LogP contribution is 2.39. The minimum atomic E-state index is -0.357. The van der Waals surface area contributed by atoms with Crippen molar-refractivity contribution in [3.05, 3.63) is 34.6 Å². The lowest BCUT2D eigenvalue weighted by Gasteiger charge is -2.42. The van der Waals surface area contributed by atoms with E-state index in [2.05, 4.69) is 5.43 Å². The lowest BCUT2D eigenvalue weighted by molar-refractivity contribution is -0.0834. The molecule has 1 aliphatic rings. The van der Waals surface area contributed by atoms with E-state index in [4.69, 9.17) is 22.2 Å². The van der Waals surface area contributed by atoms with Gasteiger partial charge in [-0.25, -0.2) is 4.39 Å². The van der Waals surface area contributed by atoms with Gasteiger partial charge in [0.1, 0.15) is 5.82 Å². The van der Waals surface area contributed by atoms with Crippen LogP contribution in [0.4, 0.5) is 4.39 Å². The summed E-state index contributed by atoms with van der Waals surface area (Å²) in [6.07, 6.45) is 4.55. The van der Waals surface area contributed by atoms with Crippen molar-refractivity contribution in [2.45, 2.75) is 43.7 Å². The van der Waals surface area contributed by atoms with Crippen molar-refractivity contribution >= 4 is 11.6 Å². The molecule has 0 aromatic heterocycles. The summed E-state index contributed by atoms with van der Waals surface area (Å²) in [6, 6.07) is 5.02. The molecule has 5 heteroatoms. The van der Waals surface area contributed by atoms with Gasteiger partial charge in [0, 0.05) is 13.2 Å². The number of hydrogen-bond donors (Lipinski definition) is 2. The van der Waals surface area contributed by atoms with Crippen LogP contribution < -0.4 is 11.3 Å². The summed E-state index contributed by atoms with van der Waals surface area (Å²) in [5.74, 6) is 5.23. The monoisotopic (exact) mass is 286 g/mol. The van der Waals surface area contributed by atoms with Crippen molar-refractivity contribution in [3.8, 4) is 0 Å². The molecule has 0 saturated heterocycles. The Bertz CT molecular complexity index is 432. The Morgan fingerprint density at radius 2 is 2.26 bits per heavy atom. The van der Waals surface area contributed by atoms with Gasteiger partial charge in [-0.05, 0) is 43.7 Å². The van der Waals surface area contributed by atoms with Crippen LogP contribution in [0.25, 0.3) is 0 Å². The second-order valence-corrected chi connectivity index (χ2v) is 5.63. The van der Waals surface area contributed by atoms with E-state index in [1.165, 1.54) is 6.42 Å². The van der Waals surface area contributed by atoms with Gasteiger partial charge < -0.3 is 4.74 Å². The molecular formula is C14H20ClFN2O. The topological polar surface area (TPSA) is 47.3 Å². The predicted octanol–water partition coefficient (Wildman–Crippen LogP) is 2.81. The fourth-order valence-corrected chi connectivity index (χ4v) is 2.87. The Morgan fingerprint density at radius 1 is 1.53 bits per heavy atom. The van der Waals surface area contributed by atoms with E-state index in [0.717, 1.165) is 19.3 Å². The average molecular weight is 287 g/mol. The molecule has 1 unspecified atom stereocenters. The third-order valence-electron chi connectivity index (χ3n) is 4.05. The largest absolute Gasteiger partial charge is 0.378 e. The molecule has 3 N–H and O–H groups in total. The van der Waals surface area contributed by atoms with Gasteiger partial charge in [0.25, 0.3) is 0 Å². The van der Waals surface area contributed by atoms with Crippen LogP contribution in [0.2, 0.25) is 5.02 Å². The molecule has 19 heavy (non-hydrogen) atoms. The first kappa shape index (κ1) is 14.7. The molecule has 1 saturated carbocycles. The highest BCUT2D eigenvalue weighted by molar-refractivity contribution is 6.30. The minimum Gasteiger partial charge on any atom is -0.378 e. The van der Waals surface area contributed by atoms with Gasteiger partial charge in [-0.1, -0.05) is 23.7 Å². The van der Waals surface area contributed by atoms with Gasteiger partial charge in [-0.3, -0.25) is 11.3 Å². The van der Waals surface area contributed by atoms with E-state index in [0.29, 0.717) is 12.0 Å². The molecule has 1 aromatic carbocycles. The predicted molar refractivity (Wildman–Crippen MR) is 74.4 cm³/mol. The molecule has 106 valence electrons. The maximum atomic E-state index is 13.9. The minimum absolute atomic E-state index is 0.0202. The molecular weight excluding hydrogens is 267 g/mol. The summed E-state index contributed by atoms with van der Waals surface area (Å²) in [7, 11) is 1.73. The Hall–Kier alpha value is -0.680. The number of halogens is 2. The maximum absolute atomic E-state index is 13.9. The highest BCUT2D eigenvalue weighted by atomic mass is 35.5. The second kappa shape index (κ2) is 6.18. The Balaban J connectivity index is 2.04. The van der Waals surface area contributed by atoms with E-state index in [-0.39, 0.29) is 22.5 Å². The summed E-state index contributed by atoms with van der Waals surface area (Å²) >= 11 is 5.79. The molecule has 0 amide bonds. The average Bonchev–Trinajstić information content (AvgIpc) is 2.37. The number of rotatable bonds is 6. The van der Waals surface area contributed by atoms with Crippen LogP contribution in [-0.4, -0.2) is 18.8 Å². The normalized spacial score (nSPS) is 18.9. The molecule has 0 heterocycles. The Labute approximate surface area is 118 Å². The first-order valence-corrected chi connectivity index (χ1v) is 6.92. The lowest BCUT2D eigenvalue weighted by atomic mass is 9.75. The van der Waals surface area contributed by atoms with Gasteiger partial charge in [0.2, 0.25) is 0 Å². The van der Waals surface area contributed by atoms with Crippen molar-refractivity contribution in [1.29, 1.82) is 0 Å². The van der Waals surface area contributed by atoms with E-state index >= 15 is 0 Å². The molecule has 1 fully saturated rings. The number of ether oxygens (including phenoxy) is 1. The van der Waals surface area contributed by atoms with E-state index < -0.39 is 0 Å². The van der Waals surface area contributed by atoms with Crippen LogP contribution in [-0.2, 0) is 11.2 Å². The van der Waals surface area contributed by atoms with E-state index in [1.54, 1.807) is 25.3 Å². The van der Waals surface area contributed by atoms with Gasteiger partial charge in [-0.15, -0.1) is 0 Å². The summed E-state index contributed by atoms with van der Waals surface area (Å²) < 4.78 is 19.5. The standard InChI is InChI=1S/C14H20ClFN2O/c1-19-14(6-3-7-14)9-11(18-17)8-10-4-2-5-12(15)13(10)16/h2,4-5,11,18H,3,6-9,17H2,1H3. The van der Waals surface area contributed by atoms with Crippen LogP contribution >= 0.6 is 11.6 Å². The molecule has 1 atom stereocenters. The fraction of sp³-hybridized carbons (Fsp3) is 0.571. The molecule has 1 aromatic rings.